The van der Waals surface area contributed by atoms with E-state index in [-0.39, 0.29) is 5.91 Å². The molecule has 1 aromatic heterocycles. The van der Waals surface area contributed by atoms with E-state index in [0.29, 0.717) is 36.3 Å². The molecular formula is C12H19N5O. The van der Waals surface area contributed by atoms with Gasteiger partial charge in [-0.3, -0.25) is 4.79 Å². The van der Waals surface area contributed by atoms with Crippen LogP contribution in [-0.2, 0) is 4.79 Å². The van der Waals surface area contributed by atoms with Gasteiger partial charge in [0.1, 0.15) is 11.6 Å². The highest BCUT2D eigenvalue weighted by molar-refractivity contribution is 5.76. The number of nitrogens with one attached hydrogen (secondary N) is 2. The molecule has 1 saturated carbocycles. The molecule has 6 nitrogen and oxygen atoms in total. The molecule has 1 amide bonds. The smallest absolute Gasteiger partial charge is 0.220 e. The van der Waals surface area contributed by atoms with Crippen molar-refractivity contribution in [2.45, 2.75) is 31.7 Å². The third-order valence-electron chi connectivity index (χ3n) is 2.79. The molecule has 0 radical (unpaired) electrons. The van der Waals surface area contributed by atoms with Crippen LogP contribution in [-0.4, -0.2) is 23.5 Å². The number of nitrogens with two attached hydrogens (primary N) is 2. The lowest BCUT2D eigenvalue weighted by Crippen LogP contribution is -2.25. The van der Waals surface area contributed by atoms with Crippen LogP contribution < -0.4 is 22.1 Å². The van der Waals surface area contributed by atoms with Crippen molar-refractivity contribution in [2.24, 2.45) is 0 Å². The second kappa shape index (κ2) is 5.57. The standard InChI is InChI=1S/C12H19N5O/c13-9-5-6-10(17-12(9)14)15-7-1-2-11(18)16-8-3-4-8/h5-6,8H,1-4,7,13H2,(H,16,18)(H3,14,15,17). The molecule has 6 N–H and O–H groups in total. The summed E-state index contributed by atoms with van der Waals surface area (Å²) < 4.78 is 0. The fourth-order valence-corrected chi connectivity index (χ4v) is 1.58. The van der Waals surface area contributed by atoms with Crippen molar-refractivity contribution in [1.29, 1.82) is 0 Å². The zero-order chi connectivity index (χ0) is 13.0. The van der Waals surface area contributed by atoms with Gasteiger partial charge in [0.2, 0.25) is 5.91 Å². The lowest BCUT2D eigenvalue weighted by molar-refractivity contribution is -0.121. The lowest BCUT2D eigenvalue weighted by Gasteiger charge is -2.07. The van der Waals surface area contributed by atoms with Gasteiger partial charge in [0.05, 0.1) is 5.69 Å². The monoisotopic (exact) mass is 249 g/mol. The highest BCUT2D eigenvalue weighted by Crippen LogP contribution is 2.18. The van der Waals surface area contributed by atoms with Crippen molar-refractivity contribution >= 4 is 23.2 Å². The molecule has 0 saturated heterocycles. The van der Waals surface area contributed by atoms with Crippen LogP contribution in [0.25, 0.3) is 0 Å². The molecule has 0 spiro atoms. The Kier molecular flexibility index (Phi) is 3.86. The van der Waals surface area contributed by atoms with E-state index < -0.39 is 0 Å². The number of hydrogen-bond acceptors (Lipinski definition) is 5. The van der Waals surface area contributed by atoms with Crippen molar-refractivity contribution in [3.05, 3.63) is 12.1 Å². The van der Waals surface area contributed by atoms with Crippen LogP contribution in [0.1, 0.15) is 25.7 Å². The maximum atomic E-state index is 11.4. The Labute approximate surface area is 106 Å². The first kappa shape index (κ1) is 12.5. The molecule has 1 heterocycles. The summed E-state index contributed by atoms with van der Waals surface area (Å²) in [5, 5.41) is 6.06. The van der Waals surface area contributed by atoms with Gasteiger partial charge in [0.15, 0.2) is 0 Å². The molecule has 2 rings (SSSR count). The Balaban J connectivity index is 1.64. The fourth-order valence-electron chi connectivity index (χ4n) is 1.58. The summed E-state index contributed by atoms with van der Waals surface area (Å²) in [6.07, 6.45) is 3.55. The van der Waals surface area contributed by atoms with Gasteiger partial charge < -0.3 is 22.1 Å². The van der Waals surface area contributed by atoms with Gasteiger partial charge in [0.25, 0.3) is 0 Å². The van der Waals surface area contributed by atoms with E-state index in [1.165, 1.54) is 0 Å². The van der Waals surface area contributed by atoms with Crippen molar-refractivity contribution in [2.75, 3.05) is 23.3 Å². The minimum atomic E-state index is 0.129. The maximum Gasteiger partial charge on any atom is 0.220 e. The van der Waals surface area contributed by atoms with E-state index in [9.17, 15) is 4.79 Å². The largest absolute Gasteiger partial charge is 0.396 e. The molecule has 18 heavy (non-hydrogen) atoms. The quantitative estimate of drug-likeness (QED) is 0.556. The Bertz CT molecular complexity index is 430. The molecular weight excluding hydrogens is 230 g/mol. The lowest BCUT2D eigenvalue weighted by atomic mass is 10.3. The summed E-state index contributed by atoms with van der Waals surface area (Å²) in [6, 6.07) is 3.92. The van der Waals surface area contributed by atoms with Gasteiger partial charge in [-0.2, -0.15) is 0 Å². The molecule has 1 aliphatic carbocycles. The Morgan fingerprint density at radius 2 is 2.17 bits per heavy atom. The highest BCUT2D eigenvalue weighted by Gasteiger charge is 2.22. The molecule has 0 bridgehead atoms. The average molecular weight is 249 g/mol. The Morgan fingerprint density at radius 3 is 2.83 bits per heavy atom. The van der Waals surface area contributed by atoms with E-state index in [1.54, 1.807) is 12.1 Å². The molecule has 0 aliphatic heterocycles. The first-order chi connectivity index (χ1) is 8.65. The SMILES string of the molecule is Nc1ccc(NCCCC(=O)NC2CC2)nc1N. The van der Waals surface area contributed by atoms with Crippen LogP contribution in [0.2, 0.25) is 0 Å². The number of pyridine rings is 1. The predicted molar refractivity (Wildman–Crippen MR) is 72.0 cm³/mol. The van der Waals surface area contributed by atoms with E-state index >= 15 is 0 Å². The van der Waals surface area contributed by atoms with Gasteiger partial charge in [-0.1, -0.05) is 0 Å². The van der Waals surface area contributed by atoms with E-state index in [0.717, 1.165) is 19.3 Å². The number of carbonyl (C=O) groups is 1. The first-order valence-electron chi connectivity index (χ1n) is 6.20. The molecule has 0 aromatic carbocycles. The molecule has 98 valence electrons. The number of amides is 1. The van der Waals surface area contributed by atoms with E-state index in [1.807, 2.05) is 0 Å². The molecule has 1 aliphatic rings. The molecule has 6 heteroatoms. The Hall–Kier alpha value is -1.98. The van der Waals surface area contributed by atoms with Gasteiger partial charge in [0, 0.05) is 19.0 Å². The van der Waals surface area contributed by atoms with Gasteiger partial charge in [-0.25, -0.2) is 4.98 Å². The number of carbonyl (C=O) groups excluding carboxylic acids is 1. The number of rotatable bonds is 6. The molecule has 0 unspecified atom stereocenters. The third kappa shape index (κ3) is 3.80. The van der Waals surface area contributed by atoms with E-state index in [2.05, 4.69) is 15.6 Å². The van der Waals surface area contributed by atoms with Crippen molar-refractivity contribution < 1.29 is 4.79 Å². The van der Waals surface area contributed by atoms with E-state index in [4.69, 9.17) is 11.5 Å². The van der Waals surface area contributed by atoms with Crippen LogP contribution in [0.5, 0.6) is 0 Å². The van der Waals surface area contributed by atoms with Crippen LogP contribution >= 0.6 is 0 Å². The summed E-state index contributed by atoms with van der Waals surface area (Å²) in [5.74, 6) is 1.14. The number of hydrogen-bond donors (Lipinski definition) is 4. The Morgan fingerprint density at radius 1 is 1.39 bits per heavy atom. The fraction of sp³-hybridized carbons (Fsp3) is 0.500. The van der Waals surface area contributed by atoms with Crippen LogP contribution in [0, 0.1) is 0 Å². The van der Waals surface area contributed by atoms with Crippen LogP contribution in [0.15, 0.2) is 12.1 Å². The van der Waals surface area contributed by atoms with Crippen molar-refractivity contribution in [1.82, 2.24) is 10.3 Å². The van der Waals surface area contributed by atoms with Gasteiger partial charge in [-0.15, -0.1) is 0 Å². The summed E-state index contributed by atoms with van der Waals surface area (Å²) in [7, 11) is 0. The van der Waals surface area contributed by atoms with Crippen LogP contribution in [0.3, 0.4) is 0 Å². The minimum absolute atomic E-state index is 0.129. The third-order valence-corrected chi connectivity index (χ3v) is 2.79. The topological polar surface area (TPSA) is 106 Å². The summed E-state index contributed by atoms with van der Waals surface area (Å²) >= 11 is 0. The number of nitrogens with zero attached hydrogens (tertiary/aromatic N) is 1. The summed E-state index contributed by atoms with van der Waals surface area (Å²) in [4.78, 5) is 15.5. The second-order valence-electron chi connectivity index (χ2n) is 4.54. The zero-order valence-electron chi connectivity index (χ0n) is 10.3. The number of anilines is 3. The number of nitrogen functional groups attached to an aromatic ring is 2. The van der Waals surface area contributed by atoms with Crippen molar-refractivity contribution in [3.63, 3.8) is 0 Å². The average Bonchev–Trinajstić information content (AvgIpc) is 3.13. The minimum Gasteiger partial charge on any atom is -0.396 e. The summed E-state index contributed by atoms with van der Waals surface area (Å²) in [5.41, 5.74) is 11.6. The molecule has 1 aromatic rings. The second-order valence-corrected chi connectivity index (χ2v) is 4.54. The predicted octanol–water partition coefficient (Wildman–Crippen LogP) is 0.717. The maximum absolute atomic E-state index is 11.4. The highest BCUT2D eigenvalue weighted by atomic mass is 16.1. The molecule has 1 fully saturated rings. The molecule has 0 atom stereocenters. The first-order valence-corrected chi connectivity index (χ1v) is 6.20. The normalized spacial score (nSPS) is 14.2. The zero-order valence-corrected chi connectivity index (χ0v) is 10.3. The van der Waals surface area contributed by atoms with Crippen LogP contribution in [0.4, 0.5) is 17.3 Å². The number of aromatic nitrogens is 1. The van der Waals surface area contributed by atoms with Gasteiger partial charge >= 0.3 is 0 Å². The van der Waals surface area contributed by atoms with Crippen molar-refractivity contribution in [3.8, 4) is 0 Å². The van der Waals surface area contributed by atoms with Gasteiger partial charge in [-0.05, 0) is 31.4 Å². The summed E-state index contributed by atoms with van der Waals surface area (Å²) in [6.45, 7) is 0.689.